The standard InChI is InChI=1S/CHFO5S/c2-8(5,6)7-1(3)4/h(H,3,4). The SMILES string of the molecule is O=C(O)OS(=O)(=O)F. The van der Waals surface area contributed by atoms with E-state index in [1.807, 2.05) is 0 Å². The number of rotatable bonds is 1. The van der Waals surface area contributed by atoms with E-state index < -0.39 is 16.7 Å². The molecule has 0 saturated carbocycles. The van der Waals surface area contributed by atoms with Crippen LogP contribution in [-0.2, 0) is 14.7 Å². The van der Waals surface area contributed by atoms with E-state index in [-0.39, 0.29) is 0 Å². The summed E-state index contributed by atoms with van der Waals surface area (Å²) in [5.74, 6) is 0. The molecule has 0 aliphatic rings. The zero-order chi connectivity index (χ0) is 6.78. The molecular formula is CHFO5S. The van der Waals surface area contributed by atoms with Crippen LogP contribution in [-0.4, -0.2) is 19.7 Å². The fourth-order valence-corrected chi connectivity index (χ4v) is 0.255. The third kappa shape index (κ3) is 5.15. The van der Waals surface area contributed by atoms with Gasteiger partial charge in [-0.15, -0.1) is 0 Å². The van der Waals surface area contributed by atoms with Crippen molar-refractivity contribution in [2.45, 2.75) is 0 Å². The lowest BCUT2D eigenvalue weighted by atomic mass is 11.5. The highest BCUT2D eigenvalue weighted by molar-refractivity contribution is 7.81. The molecule has 0 radical (unpaired) electrons. The first kappa shape index (κ1) is 7.15. The third-order valence-electron chi connectivity index (χ3n) is 0.171. The van der Waals surface area contributed by atoms with Crippen LogP contribution in [0.2, 0.25) is 0 Å². The van der Waals surface area contributed by atoms with Gasteiger partial charge in [-0.25, -0.2) is 4.79 Å². The Morgan fingerprint density at radius 1 is 1.62 bits per heavy atom. The van der Waals surface area contributed by atoms with Gasteiger partial charge in [-0.1, -0.05) is 3.89 Å². The van der Waals surface area contributed by atoms with Crippen LogP contribution in [0.1, 0.15) is 0 Å². The summed E-state index contributed by atoms with van der Waals surface area (Å²) in [5, 5.41) is 7.41. The number of carbonyl (C=O) groups is 1. The van der Waals surface area contributed by atoms with Crippen LogP contribution in [0.25, 0.3) is 0 Å². The lowest BCUT2D eigenvalue weighted by Crippen LogP contribution is -2.04. The first-order chi connectivity index (χ1) is 3.42. The van der Waals surface area contributed by atoms with Crippen molar-refractivity contribution in [3.8, 4) is 0 Å². The molecule has 0 atom stereocenters. The summed E-state index contributed by atoms with van der Waals surface area (Å²) >= 11 is 0. The molecule has 0 aliphatic carbocycles. The van der Waals surface area contributed by atoms with Crippen LogP contribution >= 0.6 is 0 Å². The minimum Gasteiger partial charge on any atom is -0.449 e. The second-order valence-corrected chi connectivity index (χ2v) is 1.70. The topological polar surface area (TPSA) is 80.7 Å². The minimum atomic E-state index is -5.32. The van der Waals surface area contributed by atoms with Gasteiger partial charge >= 0.3 is 16.7 Å². The lowest BCUT2D eigenvalue weighted by molar-refractivity contribution is 0.144. The van der Waals surface area contributed by atoms with Gasteiger partial charge in [-0.2, -0.15) is 8.42 Å². The van der Waals surface area contributed by atoms with Gasteiger partial charge in [0.15, 0.2) is 0 Å². The molecule has 0 amide bonds. The molecule has 0 aromatic heterocycles. The van der Waals surface area contributed by atoms with E-state index >= 15 is 0 Å². The Kier molecular flexibility index (Phi) is 1.74. The third-order valence-corrected chi connectivity index (χ3v) is 0.512. The molecule has 48 valence electrons. The maximum Gasteiger partial charge on any atom is 0.523 e. The van der Waals surface area contributed by atoms with Gasteiger partial charge in [0.1, 0.15) is 0 Å². The summed E-state index contributed by atoms with van der Waals surface area (Å²) in [4.78, 5) is 9.17. The zero-order valence-corrected chi connectivity index (χ0v) is 4.18. The van der Waals surface area contributed by atoms with Crippen LogP contribution in [0.3, 0.4) is 0 Å². The highest BCUT2D eigenvalue weighted by Gasteiger charge is 2.12. The quantitative estimate of drug-likeness (QED) is 0.519. The van der Waals surface area contributed by atoms with Crippen LogP contribution in [0.4, 0.5) is 8.68 Å². The van der Waals surface area contributed by atoms with Crippen molar-refractivity contribution >= 4 is 16.7 Å². The molecule has 0 aromatic rings. The normalized spacial score (nSPS) is 10.6. The monoisotopic (exact) mass is 144 g/mol. The molecule has 0 fully saturated rings. The van der Waals surface area contributed by atoms with Gasteiger partial charge in [0.05, 0.1) is 0 Å². The number of carboxylic acid groups (broad SMARTS) is 1. The predicted octanol–water partition coefficient (Wildman–Crippen LogP) is -0.105. The molecule has 0 rings (SSSR count). The molecule has 5 nitrogen and oxygen atoms in total. The maximum absolute atomic E-state index is 11.0. The van der Waals surface area contributed by atoms with Crippen molar-refractivity contribution in [1.29, 1.82) is 0 Å². The van der Waals surface area contributed by atoms with Crippen molar-refractivity contribution < 1.29 is 26.4 Å². The maximum atomic E-state index is 11.0. The Bertz CT molecular complexity index is 179. The summed E-state index contributed by atoms with van der Waals surface area (Å²) in [7, 11) is -5.32. The smallest absolute Gasteiger partial charge is 0.449 e. The van der Waals surface area contributed by atoms with Gasteiger partial charge in [0.25, 0.3) is 0 Å². The van der Waals surface area contributed by atoms with Crippen molar-refractivity contribution in [3.05, 3.63) is 0 Å². The van der Waals surface area contributed by atoms with Crippen LogP contribution in [0.15, 0.2) is 0 Å². The van der Waals surface area contributed by atoms with Crippen molar-refractivity contribution in [3.63, 3.8) is 0 Å². The fourth-order valence-electron chi connectivity index (χ4n) is 0.0852. The van der Waals surface area contributed by atoms with E-state index in [4.69, 9.17) is 5.11 Å². The van der Waals surface area contributed by atoms with Crippen LogP contribution in [0.5, 0.6) is 0 Å². The Morgan fingerprint density at radius 3 is 2.00 bits per heavy atom. The van der Waals surface area contributed by atoms with Gasteiger partial charge in [-0.3, -0.25) is 4.18 Å². The van der Waals surface area contributed by atoms with Crippen molar-refractivity contribution in [1.82, 2.24) is 0 Å². The van der Waals surface area contributed by atoms with E-state index in [1.54, 1.807) is 0 Å². The average molecular weight is 144 g/mol. The Labute approximate surface area is 44.1 Å². The van der Waals surface area contributed by atoms with Crippen LogP contribution < -0.4 is 0 Å². The largest absolute Gasteiger partial charge is 0.523 e. The predicted molar refractivity (Wildman–Crippen MR) is 19.1 cm³/mol. The molecule has 0 aliphatic heterocycles. The van der Waals surface area contributed by atoms with E-state index in [0.29, 0.717) is 0 Å². The van der Waals surface area contributed by atoms with E-state index in [9.17, 15) is 17.1 Å². The first-order valence-corrected chi connectivity index (χ1v) is 2.59. The van der Waals surface area contributed by atoms with Crippen LogP contribution in [0, 0.1) is 0 Å². The molecule has 0 spiro atoms. The molecule has 1 N–H and O–H groups in total. The molecule has 0 saturated heterocycles. The number of halogens is 1. The minimum absolute atomic E-state index is 2.19. The molecule has 8 heavy (non-hydrogen) atoms. The molecule has 0 unspecified atom stereocenters. The summed E-state index contributed by atoms with van der Waals surface area (Å²) < 4.78 is 32.0. The second kappa shape index (κ2) is 1.95. The fraction of sp³-hybridized carbons (Fsp3) is 0. The van der Waals surface area contributed by atoms with Crippen molar-refractivity contribution in [2.24, 2.45) is 0 Å². The average Bonchev–Trinajstić information content (AvgIpc) is 1.21. The Hall–Kier alpha value is -0.850. The Balaban J connectivity index is 3.95. The van der Waals surface area contributed by atoms with Gasteiger partial charge in [-0.05, 0) is 0 Å². The Morgan fingerprint density at radius 2 is 2.00 bits per heavy atom. The van der Waals surface area contributed by atoms with E-state index in [1.165, 1.54) is 0 Å². The first-order valence-electron chi connectivity index (χ1n) is 1.29. The van der Waals surface area contributed by atoms with Gasteiger partial charge in [0.2, 0.25) is 0 Å². The zero-order valence-electron chi connectivity index (χ0n) is 3.37. The summed E-state index contributed by atoms with van der Waals surface area (Å²) in [6.07, 6.45) is -2.19. The molecule has 7 heteroatoms. The second-order valence-electron chi connectivity index (χ2n) is 0.742. The van der Waals surface area contributed by atoms with E-state index in [2.05, 4.69) is 4.18 Å². The summed E-state index contributed by atoms with van der Waals surface area (Å²) in [6.45, 7) is 0. The highest BCUT2D eigenvalue weighted by Crippen LogP contribution is 1.91. The van der Waals surface area contributed by atoms with Gasteiger partial charge < -0.3 is 5.11 Å². The molecule has 0 aromatic carbocycles. The number of hydrogen-bond donors (Lipinski definition) is 1. The highest BCUT2D eigenvalue weighted by atomic mass is 32.3. The molecular weight excluding hydrogens is 143 g/mol. The lowest BCUT2D eigenvalue weighted by Gasteiger charge is -1.85. The molecule has 0 heterocycles. The van der Waals surface area contributed by atoms with E-state index in [0.717, 1.165) is 0 Å². The van der Waals surface area contributed by atoms with Gasteiger partial charge in [0, 0.05) is 0 Å². The molecule has 0 bridgehead atoms. The number of hydrogen-bond acceptors (Lipinski definition) is 4. The summed E-state index contributed by atoms with van der Waals surface area (Å²) in [6, 6.07) is 0. The summed E-state index contributed by atoms with van der Waals surface area (Å²) in [5.41, 5.74) is 0. The van der Waals surface area contributed by atoms with Crippen molar-refractivity contribution in [2.75, 3.05) is 0 Å².